The van der Waals surface area contributed by atoms with Crippen LogP contribution in [0.25, 0.3) is 0 Å². The zero-order chi connectivity index (χ0) is 24.7. The first kappa shape index (κ1) is 26.3. The lowest BCUT2D eigenvalue weighted by molar-refractivity contribution is -0.137. The third-order valence-corrected chi connectivity index (χ3v) is 7.76. The summed E-state index contributed by atoms with van der Waals surface area (Å²) < 4.78 is 38.8. The molecule has 0 aromatic heterocycles. The minimum atomic E-state index is -4.59. The third-order valence-electron chi connectivity index (χ3n) is 5.81. The number of carbonyl (C=O) groups excluding carboxylic acids is 2. The Kier molecular flexibility index (Phi) is 9.18. The van der Waals surface area contributed by atoms with Crippen LogP contribution in [-0.2, 0) is 11.0 Å². The summed E-state index contributed by atoms with van der Waals surface area (Å²) in [6.07, 6.45) is 1.43. The second-order valence-corrected chi connectivity index (χ2v) is 10.2. The average Bonchev–Trinajstić information content (AvgIpc) is 2.82. The fourth-order valence-electron chi connectivity index (χ4n) is 3.92. The van der Waals surface area contributed by atoms with Gasteiger partial charge >= 0.3 is 6.18 Å². The topological polar surface area (TPSA) is 84.2 Å². The van der Waals surface area contributed by atoms with Crippen LogP contribution in [-0.4, -0.2) is 36.4 Å². The Labute approximate surface area is 205 Å². The molecule has 2 aromatic rings. The summed E-state index contributed by atoms with van der Waals surface area (Å²) in [4.78, 5) is 27.3. The van der Waals surface area contributed by atoms with E-state index in [1.807, 2.05) is 6.26 Å². The molecule has 0 spiro atoms. The van der Waals surface area contributed by atoms with Gasteiger partial charge in [0.05, 0.1) is 17.7 Å². The highest BCUT2D eigenvalue weighted by atomic mass is 32.2. The summed E-state index contributed by atoms with van der Waals surface area (Å²) >= 11 is 3.46. The molecule has 10 heteroatoms. The lowest BCUT2D eigenvalue weighted by Crippen LogP contribution is -2.47. The monoisotopic (exact) mass is 511 g/mol. The van der Waals surface area contributed by atoms with Crippen LogP contribution in [0.1, 0.15) is 41.6 Å². The number of carbonyl (C=O) groups is 2. The molecule has 5 nitrogen and oxygen atoms in total. The first-order valence-electron chi connectivity index (χ1n) is 11.0. The van der Waals surface area contributed by atoms with Gasteiger partial charge in [-0.05, 0) is 67.5 Å². The van der Waals surface area contributed by atoms with E-state index in [-0.39, 0.29) is 29.7 Å². The van der Waals surface area contributed by atoms with Gasteiger partial charge in [0.25, 0.3) is 5.91 Å². The van der Waals surface area contributed by atoms with E-state index in [1.54, 1.807) is 23.5 Å². The van der Waals surface area contributed by atoms with Crippen LogP contribution >= 0.6 is 23.5 Å². The van der Waals surface area contributed by atoms with Crippen LogP contribution in [0.15, 0.2) is 52.3 Å². The highest BCUT2D eigenvalue weighted by Crippen LogP contribution is 2.32. The zero-order valence-electron chi connectivity index (χ0n) is 18.8. The van der Waals surface area contributed by atoms with Gasteiger partial charge in [-0.25, -0.2) is 0 Å². The van der Waals surface area contributed by atoms with Gasteiger partial charge in [0.2, 0.25) is 5.91 Å². The number of benzene rings is 2. The van der Waals surface area contributed by atoms with E-state index < -0.39 is 17.6 Å². The molecule has 0 aliphatic heterocycles. The van der Waals surface area contributed by atoms with Crippen molar-refractivity contribution in [2.75, 3.05) is 24.3 Å². The third kappa shape index (κ3) is 7.33. The molecule has 1 aliphatic rings. The Morgan fingerprint density at radius 2 is 1.74 bits per heavy atom. The van der Waals surface area contributed by atoms with Crippen molar-refractivity contribution in [1.29, 1.82) is 0 Å². The molecular weight excluding hydrogens is 483 g/mol. The molecule has 0 radical (unpaired) electrons. The quantitative estimate of drug-likeness (QED) is 0.335. The Morgan fingerprint density at radius 3 is 2.41 bits per heavy atom. The number of halogens is 3. The first-order chi connectivity index (χ1) is 16.2. The van der Waals surface area contributed by atoms with Crippen LogP contribution in [0.2, 0.25) is 0 Å². The van der Waals surface area contributed by atoms with E-state index in [0.29, 0.717) is 12.0 Å². The van der Waals surface area contributed by atoms with E-state index >= 15 is 0 Å². The van der Waals surface area contributed by atoms with Crippen LogP contribution in [0.5, 0.6) is 0 Å². The number of alkyl halides is 3. The molecule has 2 atom stereocenters. The fourth-order valence-corrected chi connectivity index (χ4v) is 5.46. The minimum absolute atomic E-state index is 0.00486. The number of rotatable bonds is 8. The maximum absolute atomic E-state index is 12.9. The molecule has 34 heavy (non-hydrogen) atoms. The smallest absolute Gasteiger partial charge is 0.398 e. The maximum Gasteiger partial charge on any atom is 0.416 e. The van der Waals surface area contributed by atoms with Crippen molar-refractivity contribution < 1.29 is 22.8 Å². The van der Waals surface area contributed by atoms with E-state index in [2.05, 4.69) is 34.9 Å². The lowest BCUT2D eigenvalue weighted by atomic mass is 9.86. The van der Waals surface area contributed by atoms with Crippen LogP contribution in [0, 0.1) is 5.92 Å². The number of thioether (sulfide) groups is 2. The summed E-state index contributed by atoms with van der Waals surface area (Å²) in [5, 5.41) is 5.38. The second kappa shape index (κ2) is 11.9. The van der Waals surface area contributed by atoms with E-state index in [0.717, 1.165) is 43.6 Å². The molecular formula is C24H28F3N3O2S2. The maximum atomic E-state index is 12.9. The number of hydrogen-bond acceptors (Lipinski definition) is 5. The number of nitrogens with two attached hydrogens (primary N) is 1. The number of hydrogen-bond donors (Lipinski definition) is 3. The normalized spacial score (nSPS) is 18.4. The summed E-state index contributed by atoms with van der Waals surface area (Å²) in [7, 11) is 0. The molecule has 0 bridgehead atoms. The molecule has 1 aliphatic carbocycles. The summed E-state index contributed by atoms with van der Waals surface area (Å²) in [5.41, 5.74) is 4.32. The van der Waals surface area contributed by atoms with Gasteiger partial charge in [-0.1, -0.05) is 12.8 Å². The molecule has 1 fully saturated rings. The van der Waals surface area contributed by atoms with Gasteiger partial charge < -0.3 is 16.4 Å². The average molecular weight is 512 g/mol. The molecule has 0 saturated heterocycles. The molecule has 184 valence electrons. The fraction of sp³-hybridized carbons (Fsp3) is 0.417. The molecule has 2 amide bonds. The largest absolute Gasteiger partial charge is 0.416 e. The number of amides is 2. The van der Waals surface area contributed by atoms with Gasteiger partial charge in [-0.2, -0.15) is 13.2 Å². The summed E-state index contributed by atoms with van der Waals surface area (Å²) in [6.45, 7) is -0.332. The van der Waals surface area contributed by atoms with Crippen molar-refractivity contribution in [3.05, 3.63) is 53.6 Å². The Bertz CT molecular complexity index is 1000. The van der Waals surface area contributed by atoms with E-state index in [9.17, 15) is 22.8 Å². The van der Waals surface area contributed by atoms with E-state index in [4.69, 9.17) is 5.73 Å². The Morgan fingerprint density at radius 1 is 1.06 bits per heavy atom. The Balaban J connectivity index is 1.53. The van der Waals surface area contributed by atoms with Crippen molar-refractivity contribution in [3.8, 4) is 0 Å². The first-order valence-corrected chi connectivity index (χ1v) is 13.2. The predicted octanol–water partition coefficient (Wildman–Crippen LogP) is 5.21. The number of nitrogen functional groups attached to an aromatic ring is 1. The highest BCUT2D eigenvalue weighted by Gasteiger charge is 2.32. The van der Waals surface area contributed by atoms with E-state index in [1.165, 1.54) is 9.79 Å². The molecule has 2 aromatic carbocycles. The second-order valence-electron chi connectivity index (χ2n) is 8.19. The van der Waals surface area contributed by atoms with Crippen molar-refractivity contribution >= 4 is 41.0 Å². The van der Waals surface area contributed by atoms with Crippen molar-refractivity contribution in [3.63, 3.8) is 0 Å². The standard InChI is InChI=1S/C24H28F3N3O2S2/c1-33-17-7-9-18(10-8-17)34-14-15-4-2-3-5-21(15)30-22(31)13-29-23(32)19-12-16(24(25,26)27)6-11-20(19)28/h6-12,15,21H,2-5,13-14,28H2,1H3,(H,29,32)(H,30,31)/t15-,21-/m0/s1. The SMILES string of the molecule is CSc1ccc(SC[C@@H]2CCCC[C@@H]2NC(=O)CNC(=O)c2cc(C(F)(F)F)ccc2N)cc1. The van der Waals surface area contributed by atoms with Gasteiger partial charge in [0.1, 0.15) is 0 Å². The van der Waals surface area contributed by atoms with Gasteiger partial charge in [0, 0.05) is 27.3 Å². The van der Waals surface area contributed by atoms with Crippen LogP contribution in [0.3, 0.4) is 0 Å². The van der Waals surface area contributed by atoms with Crippen molar-refractivity contribution in [2.45, 2.75) is 47.7 Å². The van der Waals surface area contributed by atoms with Crippen molar-refractivity contribution in [2.24, 2.45) is 5.92 Å². The molecule has 1 saturated carbocycles. The Hall–Kier alpha value is -2.33. The van der Waals surface area contributed by atoms with Crippen LogP contribution in [0.4, 0.5) is 18.9 Å². The summed E-state index contributed by atoms with van der Waals surface area (Å²) in [5.74, 6) is -0.0116. The minimum Gasteiger partial charge on any atom is -0.398 e. The summed E-state index contributed by atoms with van der Waals surface area (Å²) in [6, 6.07) is 10.9. The zero-order valence-corrected chi connectivity index (χ0v) is 20.4. The highest BCUT2D eigenvalue weighted by molar-refractivity contribution is 7.99. The van der Waals surface area contributed by atoms with Crippen LogP contribution < -0.4 is 16.4 Å². The lowest BCUT2D eigenvalue weighted by Gasteiger charge is -2.32. The number of anilines is 1. The van der Waals surface area contributed by atoms with Gasteiger partial charge in [-0.15, -0.1) is 23.5 Å². The molecule has 4 N–H and O–H groups in total. The molecule has 0 heterocycles. The predicted molar refractivity (Wildman–Crippen MR) is 131 cm³/mol. The molecule has 3 rings (SSSR count). The van der Waals surface area contributed by atoms with Crippen molar-refractivity contribution in [1.82, 2.24) is 10.6 Å². The molecule has 0 unspecified atom stereocenters. The number of nitrogens with one attached hydrogen (secondary N) is 2. The van der Waals surface area contributed by atoms with Gasteiger partial charge in [0.15, 0.2) is 0 Å². The van der Waals surface area contributed by atoms with Gasteiger partial charge in [-0.3, -0.25) is 9.59 Å².